The zero-order valence-corrected chi connectivity index (χ0v) is 16.2. The second kappa shape index (κ2) is 18.0. The lowest BCUT2D eigenvalue weighted by atomic mass is 10.1. The maximum Gasteiger partial charge on any atom is 0.243 e. The number of allylic oxidation sites excluding steroid dienone is 5. The van der Waals surface area contributed by atoms with Crippen LogP contribution in [-0.2, 0) is 4.79 Å². The number of hydrogen-bond donors (Lipinski definition) is 1. The van der Waals surface area contributed by atoms with E-state index in [2.05, 4.69) is 44.3 Å². The Balaban J connectivity index is 3.39. The predicted molar refractivity (Wildman–Crippen MR) is 107 cm³/mol. The Labute approximate surface area is 150 Å². The SMILES string of the molecule is CCCCC/C=C/CCCCCC/C=C/C=C/C(=O)NCC(C)C. The molecule has 0 bridgehead atoms. The van der Waals surface area contributed by atoms with Crippen molar-refractivity contribution in [3.63, 3.8) is 0 Å². The molecule has 0 saturated carbocycles. The molecule has 0 saturated heterocycles. The highest BCUT2D eigenvalue weighted by Crippen LogP contribution is 2.07. The van der Waals surface area contributed by atoms with Gasteiger partial charge in [0.1, 0.15) is 0 Å². The van der Waals surface area contributed by atoms with E-state index in [0.29, 0.717) is 5.92 Å². The van der Waals surface area contributed by atoms with Crippen LogP contribution in [0, 0.1) is 5.92 Å². The zero-order chi connectivity index (χ0) is 17.9. The van der Waals surface area contributed by atoms with Gasteiger partial charge in [0, 0.05) is 12.6 Å². The minimum absolute atomic E-state index is 0.00361. The Morgan fingerprint density at radius 3 is 2.00 bits per heavy atom. The van der Waals surface area contributed by atoms with E-state index in [1.54, 1.807) is 6.08 Å². The number of nitrogens with one attached hydrogen (secondary N) is 1. The van der Waals surface area contributed by atoms with Crippen molar-refractivity contribution < 1.29 is 4.79 Å². The van der Waals surface area contributed by atoms with Crippen LogP contribution in [0.15, 0.2) is 36.5 Å². The zero-order valence-electron chi connectivity index (χ0n) is 16.2. The lowest BCUT2D eigenvalue weighted by molar-refractivity contribution is -0.116. The van der Waals surface area contributed by atoms with Crippen molar-refractivity contribution in [2.45, 2.75) is 85.0 Å². The number of carbonyl (C=O) groups is 1. The molecule has 1 amide bonds. The first-order chi connectivity index (χ1) is 11.7. The maximum absolute atomic E-state index is 11.4. The van der Waals surface area contributed by atoms with Gasteiger partial charge < -0.3 is 5.32 Å². The smallest absolute Gasteiger partial charge is 0.243 e. The number of hydrogen-bond acceptors (Lipinski definition) is 1. The number of rotatable bonds is 15. The van der Waals surface area contributed by atoms with E-state index < -0.39 is 0 Å². The van der Waals surface area contributed by atoms with Crippen molar-refractivity contribution in [1.29, 1.82) is 0 Å². The average Bonchev–Trinajstić information content (AvgIpc) is 2.56. The lowest BCUT2D eigenvalue weighted by Crippen LogP contribution is -2.25. The second-order valence-electron chi connectivity index (χ2n) is 6.89. The van der Waals surface area contributed by atoms with Crippen molar-refractivity contribution in [3.05, 3.63) is 36.5 Å². The topological polar surface area (TPSA) is 29.1 Å². The van der Waals surface area contributed by atoms with E-state index in [1.807, 2.05) is 12.2 Å². The molecule has 0 aromatic heterocycles. The molecule has 0 aliphatic carbocycles. The molecule has 0 radical (unpaired) electrons. The molecule has 0 unspecified atom stereocenters. The molecule has 0 rings (SSSR count). The first-order valence-electron chi connectivity index (χ1n) is 9.92. The molecule has 0 atom stereocenters. The number of carbonyl (C=O) groups excluding carboxylic acids is 1. The molecule has 24 heavy (non-hydrogen) atoms. The van der Waals surface area contributed by atoms with Crippen molar-refractivity contribution >= 4 is 5.91 Å². The highest BCUT2D eigenvalue weighted by atomic mass is 16.1. The summed E-state index contributed by atoms with van der Waals surface area (Å²) in [6.45, 7) is 7.17. The average molecular weight is 334 g/mol. The van der Waals surface area contributed by atoms with E-state index in [4.69, 9.17) is 0 Å². The van der Waals surface area contributed by atoms with Crippen LogP contribution in [0.1, 0.15) is 85.0 Å². The molecule has 0 aliphatic rings. The molecule has 1 N–H and O–H groups in total. The third-order valence-electron chi connectivity index (χ3n) is 3.81. The lowest BCUT2D eigenvalue weighted by Gasteiger charge is -2.03. The van der Waals surface area contributed by atoms with Gasteiger partial charge in [-0.25, -0.2) is 0 Å². The van der Waals surface area contributed by atoms with Crippen LogP contribution in [-0.4, -0.2) is 12.5 Å². The van der Waals surface area contributed by atoms with E-state index in [1.165, 1.54) is 57.8 Å². The molecule has 0 fully saturated rings. The van der Waals surface area contributed by atoms with Crippen LogP contribution in [0.3, 0.4) is 0 Å². The minimum Gasteiger partial charge on any atom is -0.352 e. The van der Waals surface area contributed by atoms with Gasteiger partial charge in [-0.3, -0.25) is 4.79 Å². The van der Waals surface area contributed by atoms with Crippen LogP contribution < -0.4 is 5.32 Å². The summed E-state index contributed by atoms with van der Waals surface area (Å²) in [4.78, 5) is 11.4. The Bertz CT molecular complexity index is 366. The van der Waals surface area contributed by atoms with Gasteiger partial charge in [-0.05, 0) is 44.4 Å². The van der Waals surface area contributed by atoms with Crippen LogP contribution >= 0.6 is 0 Å². The predicted octanol–water partition coefficient (Wildman–Crippen LogP) is 6.35. The van der Waals surface area contributed by atoms with Gasteiger partial charge in [0.15, 0.2) is 0 Å². The monoisotopic (exact) mass is 333 g/mol. The highest BCUT2D eigenvalue weighted by Gasteiger charge is 1.95. The molecule has 138 valence electrons. The van der Waals surface area contributed by atoms with E-state index in [0.717, 1.165) is 13.0 Å². The molecule has 0 aromatic rings. The Hall–Kier alpha value is -1.31. The minimum atomic E-state index is -0.00361. The fourth-order valence-corrected chi connectivity index (χ4v) is 2.31. The van der Waals surface area contributed by atoms with Crippen molar-refractivity contribution in [2.75, 3.05) is 6.54 Å². The van der Waals surface area contributed by atoms with Crippen LogP contribution in [0.25, 0.3) is 0 Å². The molecule has 0 heterocycles. The van der Waals surface area contributed by atoms with Crippen LogP contribution in [0.5, 0.6) is 0 Å². The molecular formula is C22H39NO. The highest BCUT2D eigenvalue weighted by molar-refractivity contribution is 5.87. The summed E-state index contributed by atoms with van der Waals surface area (Å²) in [5, 5.41) is 2.87. The summed E-state index contributed by atoms with van der Waals surface area (Å²) in [6, 6.07) is 0. The van der Waals surface area contributed by atoms with Gasteiger partial charge in [-0.15, -0.1) is 0 Å². The molecule has 2 nitrogen and oxygen atoms in total. The van der Waals surface area contributed by atoms with Crippen LogP contribution in [0.2, 0.25) is 0 Å². The van der Waals surface area contributed by atoms with Crippen LogP contribution in [0.4, 0.5) is 0 Å². The van der Waals surface area contributed by atoms with Gasteiger partial charge in [0.2, 0.25) is 5.91 Å². The van der Waals surface area contributed by atoms with Gasteiger partial charge in [-0.2, -0.15) is 0 Å². The maximum atomic E-state index is 11.4. The standard InChI is InChI=1S/C22H39NO/c1-4-5-6-7-8-9-10-11-12-13-14-15-16-17-18-19-22(24)23-20-21(2)3/h8-9,16-19,21H,4-7,10-15,20H2,1-3H3,(H,23,24)/b9-8+,17-16+,19-18+. The van der Waals surface area contributed by atoms with E-state index >= 15 is 0 Å². The molecular weight excluding hydrogens is 294 g/mol. The summed E-state index contributed by atoms with van der Waals surface area (Å²) in [7, 11) is 0. The normalized spacial score (nSPS) is 12.2. The van der Waals surface area contributed by atoms with Crippen molar-refractivity contribution in [3.8, 4) is 0 Å². The molecule has 0 spiro atoms. The third-order valence-corrected chi connectivity index (χ3v) is 3.81. The Morgan fingerprint density at radius 1 is 0.833 bits per heavy atom. The van der Waals surface area contributed by atoms with Crippen molar-refractivity contribution in [1.82, 2.24) is 5.32 Å². The van der Waals surface area contributed by atoms with Gasteiger partial charge in [-0.1, -0.05) is 76.8 Å². The van der Waals surface area contributed by atoms with E-state index in [-0.39, 0.29) is 5.91 Å². The summed E-state index contributed by atoms with van der Waals surface area (Å²) >= 11 is 0. The summed E-state index contributed by atoms with van der Waals surface area (Å²) in [5.41, 5.74) is 0. The number of amides is 1. The Kier molecular flexibility index (Phi) is 17.1. The quantitative estimate of drug-likeness (QED) is 0.161. The van der Waals surface area contributed by atoms with E-state index in [9.17, 15) is 4.79 Å². The second-order valence-corrected chi connectivity index (χ2v) is 6.89. The molecule has 0 aromatic carbocycles. The van der Waals surface area contributed by atoms with Gasteiger partial charge >= 0.3 is 0 Å². The van der Waals surface area contributed by atoms with Gasteiger partial charge in [0.25, 0.3) is 0 Å². The fourth-order valence-electron chi connectivity index (χ4n) is 2.31. The summed E-state index contributed by atoms with van der Waals surface area (Å²) in [6.07, 6.45) is 25.0. The Morgan fingerprint density at radius 2 is 1.42 bits per heavy atom. The fraction of sp³-hybridized carbons (Fsp3) is 0.682. The summed E-state index contributed by atoms with van der Waals surface area (Å²) in [5.74, 6) is 0.491. The first-order valence-corrected chi connectivity index (χ1v) is 9.92. The first kappa shape index (κ1) is 22.7. The van der Waals surface area contributed by atoms with Gasteiger partial charge in [0.05, 0.1) is 0 Å². The third kappa shape index (κ3) is 18.7. The number of unbranched alkanes of at least 4 members (excludes halogenated alkanes) is 8. The largest absolute Gasteiger partial charge is 0.352 e. The van der Waals surface area contributed by atoms with Crippen molar-refractivity contribution in [2.24, 2.45) is 5.92 Å². The molecule has 0 aliphatic heterocycles. The molecule has 2 heteroatoms. The summed E-state index contributed by atoms with van der Waals surface area (Å²) < 4.78 is 0.